The predicted octanol–water partition coefficient (Wildman–Crippen LogP) is 3.36. The fraction of sp³-hybridized carbons (Fsp3) is 0.238. The Morgan fingerprint density at radius 2 is 2.00 bits per heavy atom. The van der Waals surface area contributed by atoms with Crippen molar-refractivity contribution in [3.05, 3.63) is 53.8 Å². The second-order valence-electron chi connectivity index (χ2n) is 6.26. The number of hydrazone groups is 1. The average molecular weight is 444 g/mol. The van der Waals surface area contributed by atoms with Gasteiger partial charge in [0.25, 0.3) is 5.91 Å². The molecule has 0 aliphatic carbocycles. The third-order valence-corrected chi connectivity index (χ3v) is 5.23. The van der Waals surface area contributed by atoms with Gasteiger partial charge in [-0.3, -0.25) is 4.79 Å². The molecule has 31 heavy (non-hydrogen) atoms. The Balaban J connectivity index is 1.65. The highest BCUT2D eigenvalue weighted by Crippen LogP contribution is 2.32. The molecule has 0 aliphatic rings. The van der Waals surface area contributed by atoms with Gasteiger partial charge in [0.15, 0.2) is 22.5 Å². The standard InChI is InChI=1S/C21H22FN5O3S/c1-4-27-20(15-8-9-17(29-2)18(11-15)30-3)25-26-21(27)31-13-19(28)24-23-12-14-6-5-7-16(22)10-14/h5-12H,4,13H2,1-3H3,(H,24,28)/b23-12-. The largest absolute Gasteiger partial charge is 0.493 e. The Morgan fingerprint density at radius 3 is 2.71 bits per heavy atom. The summed E-state index contributed by atoms with van der Waals surface area (Å²) in [4.78, 5) is 12.1. The minimum atomic E-state index is -0.366. The predicted molar refractivity (Wildman–Crippen MR) is 117 cm³/mol. The third kappa shape index (κ3) is 5.60. The minimum absolute atomic E-state index is 0.102. The lowest BCUT2D eigenvalue weighted by molar-refractivity contribution is -0.118. The van der Waals surface area contributed by atoms with Gasteiger partial charge in [0.1, 0.15) is 5.82 Å². The number of carbonyl (C=O) groups excluding carboxylic acids is 1. The van der Waals surface area contributed by atoms with E-state index in [0.29, 0.717) is 34.6 Å². The summed E-state index contributed by atoms with van der Waals surface area (Å²) in [5.41, 5.74) is 3.80. The second kappa shape index (κ2) is 10.6. The van der Waals surface area contributed by atoms with Crippen molar-refractivity contribution in [2.45, 2.75) is 18.6 Å². The van der Waals surface area contributed by atoms with E-state index >= 15 is 0 Å². The average Bonchev–Trinajstić information content (AvgIpc) is 3.20. The molecule has 0 saturated heterocycles. The first-order chi connectivity index (χ1) is 15.0. The lowest BCUT2D eigenvalue weighted by atomic mass is 10.2. The van der Waals surface area contributed by atoms with E-state index in [0.717, 1.165) is 5.56 Å². The summed E-state index contributed by atoms with van der Waals surface area (Å²) < 4.78 is 25.7. The van der Waals surface area contributed by atoms with Crippen molar-refractivity contribution in [3.8, 4) is 22.9 Å². The Bertz CT molecular complexity index is 1090. The SMILES string of the molecule is CCn1c(SCC(=O)N/N=C\c2cccc(F)c2)nnc1-c1ccc(OC)c(OC)c1. The molecule has 1 N–H and O–H groups in total. The van der Waals surface area contributed by atoms with Crippen molar-refractivity contribution >= 4 is 23.9 Å². The molecule has 0 saturated carbocycles. The maximum atomic E-state index is 13.2. The topological polar surface area (TPSA) is 90.6 Å². The lowest BCUT2D eigenvalue weighted by Gasteiger charge is -2.10. The summed E-state index contributed by atoms with van der Waals surface area (Å²) in [6.45, 7) is 2.60. The van der Waals surface area contributed by atoms with Crippen LogP contribution in [0.2, 0.25) is 0 Å². The zero-order valence-corrected chi connectivity index (χ0v) is 18.1. The third-order valence-electron chi connectivity index (χ3n) is 4.26. The number of nitrogens with one attached hydrogen (secondary N) is 1. The van der Waals surface area contributed by atoms with Crippen LogP contribution in [0.5, 0.6) is 11.5 Å². The maximum absolute atomic E-state index is 13.2. The van der Waals surface area contributed by atoms with Crippen molar-refractivity contribution in [1.29, 1.82) is 0 Å². The number of halogens is 1. The van der Waals surface area contributed by atoms with E-state index in [1.165, 1.54) is 30.1 Å². The lowest BCUT2D eigenvalue weighted by Crippen LogP contribution is -2.20. The van der Waals surface area contributed by atoms with E-state index in [1.54, 1.807) is 32.4 Å². The molecule has 3 aromatic rings. The van der Waals surface area contributed by atoms with Gasteiger partial charge >= 0.3 is 0 Å². The number of thioether (sulfide) groups is 1. The Morgan fingerprint density at radius 1 is 1.19 bits per heavy atom. The fourth-order valence-corrected chi connectivity index (χ4v) is 3.59. The molecule has 1 aromatic heterocycles. The Hall–Kier alpha value is -3.40. The molecule has 0 bridgehead atoms. The molecule has 1 amide bonds. The van der Waals surface area contributed by atoms with Crippen molar-refractivity contribution < 1.29 is 18.7 Å². The highest BCUT2D eigenvalue weighted by Gasteiger charge is 2.16. The van der Waals surface area contributed by atoms with Gasteiger partial charge in [-0.1, -0.05) is 23.9 Å². The van der Waals surface area contributed by atoms with E-state index in [9.17, 15) is 9.18 Å². The number of aromatic nitrogens is 3. The van der Waals surface area contributed by atoms with Crippen LogP contribution < -0.4 is 14.9 Å². The molecule has 1 heterocycles. The molecule has 0 aliphatic heterocycles. The van der Waals surface area contributed by atoms with E-state index in [2.05, 4.69) is 20.7 Å². The van der Waals surface area contributed by atoms with E-state index in [1.807, 2.05) is 23.6 Å². The molecular weight excluding hydrogens is 421 g/mol. The molecule has 2 aromatic carbocycles. The van der Waals surface area contributed by atoms with Gasteiger partial charge in [-0.25, -0.2) is 9.82 Å². The van der Waals surface area contributed by atoms with Gasteiger partial charge in [-0.05, 0) is 42.8 Å². The number of rotatable bonds is 9. The number of hydrogen-bond donors (Lipinski definition) is 1. The number of benzene rings is 2. The first kappa shape index (κ1) is 22.3. The molecule has 162 valence electrons. The van der Waals surface area contributed by atoms with Gasteiger partial charge in [0.2, 0.25) is 0 Å². The van der Waals surface area contributed by atoms with Crippen LogP contribution in [0.4, 0.5) is 4.39 Å². The fourth-order valence-electron chi connectivity index (χ4n) is 2.80. The summed E-state index contributed by atoms with van der Waals surface area (Å²) >= 11 is 1.25. The number of ether oxygens (including phenoxy) is 2. The van der Waals surface area contributed by atoms with E-state index in [4.69, 9.17) is 9.47 Å². The molecule has 3 rings (SSSR count). The second-order valence-corrected chi connectivity index (χ2v) is 7.20. The van der Waals surface area contributed by atoms with Crippen LogP contribution in [0.1, 0.15) is 12.5 Å². The maximum Gasteiger partial charge on any atom is 0.250 e. The van der Waals surface area contributed by atoms with Crippen LogP contribution in [0.25, 0.3) is 11.4 Å². The highest BCUT2D eigenvalue weighted by atomic mass is 32.2. The smallest absolute Gasteiger partial charge is 0.250 e. The first-order valence-corrected chi connectivity index (χ1v) is 10.4. The first-order valence-electron chi connectivity index (χ1n) is 9.41. The van der Waals surface area contributed by atoms with Gasteiger partial charge in [0, 0.05) is 12.1 Å². The van der Waals surface area contributed by atoms with Crippen LogP contribution in [-0.2, 0) is 11.3 Å². The summed E-state index contributed by atoms with van der Waals surface area (Å²) in [6, 6.07) is 11.4. The van der Waals surface area contributed by atoms with Gasteiger partial charge in [0.05, 0.1) is 26.2 Å². The normalized spacial score (nSPS) is 11.0. The van der Waals surface area contributed by atoms with Crippen LogP contribution in [0, 0.1) is 5.82 Å². The highest BCUT2D eigenvalue weighted by molar-refractivity contribution is 7.99. The summed E-state index contributed by atoms with van der Waals surface area (Å²) in [5.74, 6) is 1.31. The zero-order chi connectivity index (χ0) is 22.2. The quantitative estimate of drug-likeness (QED) is 0.310. The van der Waals surface area contributed by atoms with Crippen LogP contribution >= 0.6 is 11.8 Å². The number of carbonyl (C=O) groups is 1. The van der Waals surface area contributed by atoms with E-state index < -0.39 is 0 Å². The monoisotopic (exact) mass is 443 g/mol. The molecule has 0 fully saturated rings. The molecule has 0 atom stereocenters. The number of hydrogen-bond acceptors (Lipinski definition) is 7. The van der Waals surface area contributed by atoms with Crippen LogP contribution in [0.3, 0.4) is 0 Å². The molecule has 0 radical (unpaired) electrons. The van der Waals surface area contributed by atoms with Crippen LogP contribution in [-0.4, -0.2) is 46.9 Å². The molecule has 10 heteroatoms. The van der Waals surface area contributed by atoms with E-state index in [-0.39, 0.29) is 17.5 Å². The van der Waals surface area contributed by atoms with Crippen molar-refractivity contribution in [1.82, 2.24) is 20.2 Å². The van der Waals surface area contributed by atoms with Gasteiger partial charge < -0.3 is 14.0 Å². The molecule has 8 nitrogen and oxygen atoms in total. The Kier molecular flexibility index (Phi) is 7.60. The number of amides is 1. The minimum Gasteiger partial charge on any atom is -0.493 e. The summed E-state index contributed by atoms with van der Waals surface area (Å²) in [6.07, 6.45) is 1.38. The van der Waals surface area contributed by atoms with Crippen LogP contribution in [0.15, 0.2) is 52.7 Å². The summed E-state index contributed by atoms with van der Waals surface area (Å²) in [5, 5.41) is 13.0. The van der Waals surface area contributed by atoms with Gasteiger partial charge in [-0.15, -0.1) is 10.2 Å². The Labute approximate surface area is 183 Å². The van der Waals surface area contributed by atoms with Crippen molar-refractivity contribution in [2.75, 3.05) is 20.0 Å². The number of nitrogens with zero attached hydrogens (tertiary/aromatic N) is 4. The molecule has 0 spiro atoms. The number of methoxy groups -OCH3 is 2. The van der Waals surface area contributed by atoms with Gasteiger partial charge in [-0.2, -0.15) is 5.10 Å². The summed E-state index contributed by atoms with van der Waals surface area (Å²) in [7, 11) is 3.15. The zero-order valence-electron chi connectivity index (χ0n) is 17.3. The molecule has 0 unspecified atom stereocenters. The molecular formula is C21H22FN5O3S. The van der Waals surface area contributed by atoms with Crippen molar-refractivity contribution in [3.63, 3.8) is 0 Å². The van der Waals surface area contributed by atoms with Crippen molar-refractivity contribution in [2.24, 2.45) is 5.10 Å².